The number of Topliss-reactive ketones (excluding diaryl/α,β-unsaturated/α-hetero) is 1. The van der Waals surface area contributed by atoms with Crippen LogP contribution in [0.2, 0.25) is 0 Å². The lowest BCUT2D eigenvalue weighted by atomic mass is 10.1. The molecule has 0 aliphatic heterocycles. The summed E-state index contributed by atoms with van der Waals surface area (Å²) >= 11 is 1.60. The van der Waals surface area contributed by atoms with Crippen LogP contribution in [0.4, 0.5) is 5.82 Å². The molecule has 4 rings (SSSR count). The largest absolute Gasteiger partial charge is 0.382 e. The topological polar surface area (TPSA) is 86.7 Å². The summed E-state index contributed by atoms with van der Waals surface area (Å²) in [4.78, 5) is 24.9. The van der Waals surface area contributed by atoms with Crippen molar-refractivity contribution in [1.29, 1.82) is 0 Å². The monoisotopic (exact) mass is 335 g/mol. The Kier molecular flexibility index (Phi) is 3.35. The molecular formula is C17H13N5OS. The molecule has 0 aliphatic rings. The lowest BCUT2D eigenvalue weighted by Crippen LogP contribution is -2.01. The fourth-order valence-electron chi connectivity index (χ4n) is 2.51. The number of nitrogens with two attached hydrogens (primary N) is 1. The number of nitrogen functional groups attached to an aromatic ring is 1. The Hall–Kier alpha value is -3.06. The fraction of sp³-hybridized carbons (Fsp3) is 0.0588. The average molecular weight is 335 g/mol. The fourth-order valence-corrected chi connectivity index (χ4v) is 3.14. The number of hydrogen-bond acceptors (Lipinski definition) is 6. The van der Waals surface area contributed by atoms with Gasteiger partial charge in [-0.15, -0.1) is 0 Å². The smallest absolute Gasteiger partial charge is 0.170 e. The Balaban J connectivity index is 1.93. The van der Waals surface area contributed by atoms with E-state index in [2.05, 4.69) is 15.0 Å². The SMILES string of the molecule is CC(=O)c1cccc(-c2nc(N)c3ncn(-c4ccsc4)c3n2)c1. The van der Waals surface area contributed by atoms with Gasteiger partial charge in [0.2, 0.25) is 0 Å². The number of nitrogens with zero attached hydrogens (tertiary/aromatic N) is 4. The summed E-state index contributed by atoms with van der Waals surface area (Å²) in [5.41, 5.74) is 9.61. The van der Waals surface area contributed by atoms with Gasteiger partial charge < -0.3 is 5.73 Å². The van der Waals surface area contributed by atoms with Gasteiger partial charge >= 0.3 is 0 Å². The van der Waals surface area contributed by atoms with E-state index in [-0.39, 0.29) is 5.78 Å². The van der Waals surface area contributed by atoms with Crippen LogP contribution in [-0.4, -0.2) is 25.3 Å². The summed E-state index contributed by atoms with van der Waals surface area (Å²) in [7, 11) is 0. The number of carbonyl (C=O) groups is 1. The number of aromatic nitrogens is 4. The first kappa shape index (κ1) is 14.5. The summed E-state index contributed by atoms with van der Waals surface area (Å²) in [6, 6.07) is 9.20. The average Bonchev–Trinajstić information content (AvgIpc) is 3.24. The predicted octanol–water partition coefficient (Wildman–Crippen LogP) is 3.33. The maximum absolute atomic E-state index is 11.6. The van der Waals surface area contributed by atoms with Gasteiger partial charge in [-0.25, -0.2) is 15.0 Å². The molecule has 1 aromatic carbocycles. The van der Waals surface area contributed by atoms with Crippen LogP contribution in [0.3, 0.4) is 0 Å². The first-order chi connectivity index (χ1) is 11.6. The van der Waals surface area contributed by atoms with Crippen molar-refractivity contribution in [3.05, 3.63) is 53.0 Å². The van der Waals surface area contributed by atoms with Crippen molar-refractivity contribution in [3.8, 4) is 17.1 Å². The second-order valence-electron chi connectivity index (χ2n) is 5.34. The van der Waals surface area contributed by atoms with Gasteiger partial charge in [0.15, 0.2) is 28.6 Å². The number of rotatable bonds is 3. The Morgan fingerprint density at radius 3 is 2.88 bits per heavy atom. The maximum Gasteiger partial charge on any atom is 0.170 e. The summed E-state index contributed by atoms with van der Waals surface area (Å²) in [5, 5.41) is 4.00. The van der Waals surface area contributed by atoms with Gasteiger partial charge in [0.25, 0.3) is 0 Å². The molecule has 3 heterocycles. The minimum atomic E-state index is -0.00536. The Labute approximate surface area is 141 Å². The number of benzene rings is 1. The minimum absolute atomic E-state index is 0.00536. The molecular weight excluding hydrogens is 322 g/mol. The van der Waals surface area contributed by atoms with Crippen molar-refractivity contribution in [3.63, 3.8) is 0 Å². The van der Waals surface area contributed by atoms with E-state index in [1.54, 1.807) is 29.8 Å². The molecule has 0 amide bonds. The van der Waals surface area contributed by atoms with E-state index in [4.69, 9.17) is 5.73 Å². The van der Waals surface area contributed by atoms with Crippen molar-refractivity contribution in [2.45, 2.75) is 6.92 Å². The van der Waals surface area contributed by atoms with Gasteiger partial charge in [-0.05, 0) is 24.4 Å². The van der Waals surface area contributed by atoms with E-state index in [1.807, 2.05) is 33.5 Å². The molecule has 0 bridgehead atoms. The molecule has 118 valence electrons. The van der Waals surface area contributed by atoms with Crippen molar-refractivity contribution >= 4 is 34.1 Å². The summed E-state index contributed by atoms with van der Waals surface area (Å²) in [6.07, 6.45) is 1.69. The predicted molar refractivity (Wildman–Crippen MR) is 94.4 cm³/mol. The van der Waals surface area contributed by atoms with Crippen LogP contribution in [-0.2, 0) is 0 Å². The number of thiophene rings is 1. The van der Waals surface area contributed by atoms with Gasteiger partial charge in [0, 0.05) is 16.5 Å². The second kappa shape index (κ2) is 5.54. The van der Waals surface area contributed by atoms with Gasteiger partial charge in [0.05, 0.1) is 5.69 Å². The normalized spacial score (nSPS) is 11.0. The summed E-state index contributed by atoms with van der Waals surface area (Å²) in [5.74, 6) is 0.784. The summed E-state index contributed by atoms with van der Waals surface area (Å²) < 4.78 is 1.88. The van der Waals surface area contributed by atoms with E-state index >= 15 is 0 Å². The molecule has 2 N–H and O–H groups in total. The van der Waals surface area contributed by atoms with E-state index in [9.17, 15) is 4.79 Å². The summed E-state index contributed by atoms with van der Waals surface area (Å²) in [6.45, 7) is 1.53. The highest BCUT2D eigenvalue weighted by molar-refractivity contribution is 7.08. The standard InChI is InChI=1S/C17H13N5OS/c1-10(23)11-3-2-4-12(7-11)16-20-15(18)14-17(21-16)22(9-19-14)13-5-6-24-8-13/h2-9H,1H3,(H2,18,20,21). The molecule has 0 atom stereocenters. The Morgan fingerprint density at radius 1 is 1.25 bits per heavy atom. The van der Waals surface area contributed by atoms with Crippen LogP contribution >= 0.6 is 11.3 Å². The van der Waals surface area contributed by atoms with Gasteiger partial charge in [-0.2, -0.15) is 11.3 Å². The molecule has 7 heteroatoms. The van der Waals surface area contributed by atoms with E-state index < -0.39 is 0 Å². The van der Waals surface area contributed by atoms with Crippen molar-refractivity contribution < 1.29 is 4.79 Å². The number of fused-ring (bicyclic) bond motifs is 1. The zero-order valence-electron chi connectivity index (χ0n) is 12.8. The second-order valence-corrected chi connectivity index (χ2v) is 6.12. The van der Waals surface area contributed by atoms with Gasteiger partial charge in [-0.3, -0.25) is 9.36 Å². The van der Waals surface area contributed by atoms with Gasteiger partial charge in [0.1, 0.15) is 6.33 Å². The lowest BCUT2D eigenvalue weighted by Gasteiger charge is -2.06. The van der Waals surface area contributed by atoms with Crippen LogP contribution in [0, 0.1) is 0 Å². The number of carbonyl (C=O) groups excluding carboxylic acids is 1. The van der Waals surface area contributed by atoms with Crippen LogP contribution in [0.15, 0.2) is 47.4 Å². The maximum atomic E-state index is 11.6. The molecule has 0 saturated heterocycles. The van der Waals surface area contributed by atoms with Crippen molar-refractivity contribution in [2.75, 3.05) is 5.73 Å². The highest BCUT2D eigenvalue weighted by atomic mass is 32.1. The van der Waals surface area contributed by atoms with Crippen LogP contribution < -0.4 is 5.73 Å². The quantitative estimate of drug-likeness (QED) is 0.580. The molecule has 0 fully saturated rings. The molecule has 0 radical (unpaired) electrons. The molecule has 3 aromatic heterocycles. The van der Waals surface area contributed by atoms with Crippen molar-refractivity contribution in [1.82, 2.24) is 19.5 Å². The highest BCUT2D eigenvalue weighted by Gasteiger charge is 2.14. The molecule has 0 spiro atoms. The van der Waals surface area contributed by atoms with Crippen LogP contribution in [0.1, 0.15) is 17.3 Å². The third-order valence-electron chi connectivity index (χ3n) is 3.73. The van der Waals surface area contributed by atoms with E-state index in [0.717, 1.165) is 11.3 Å². The number of anilines is 1. The molecule has 6 nitrogen and oxygen atoms in total. The first-order valence-electron chi connectivity index (χ1n) is 7.28. The van der Waals surface area contributed by atoms with Gasteiger partial charge in [-0.1, -0.05) is 18.2 Å². The first-order valence-corrected chi connectivity index (χ1v) is 8.22. The van der Waals surface area contributed by atoms with E-state index in [0.29, 0.717) is 28.4 Å². The zero-order chi connectivity index (χ0) is 16.7. The number of hydrogen-bond donors (Lipinski definition) is 1. The molecule has 0 aliphatic carbocycles. The highest BCUT2D eigenvalue weighted by Crippen LogP contribution is 2.25. The van der Waals surface area contributed by atoms with Crippen LogP contribution in [0.25, 0.3) is 28.2 Å². The van der Waals surface area contributed by atoms with Crippen LogP contribution in [0.5, 0.6) is 0 Å². The minimum Gasteiger partial charge on any atom is -0.382 e. The molecule has 24 heavy (non-hydrogen) atoms. The van der Waals surface area contributed by atoms with E-state index in [1.165, 1.54) is 6.92 Å². The Morgan fingerprint density at radius 2 is 2.12 bits per heavy atom. The number of ketones is 1. The van der Waals surface area contributed by atoms with Crippen molar-refractivity contribution in [2.24, 2.45) is 0 Å². The molecule has 0 unspecified atom stereocenters. The third kappa shape index (κ3) is 2.35. The third-order valence-corrected chi connectivity index (χ3v) is 4.41. The number of imidazole rings is 1. The molecule has 0 saturated carbocycles. The Bertz CT molecular complexity index is 1050. The lowest BCUT2D eigenvalue weighted by molar-refractivity contribution is 0.101. The molecule has 4 aromatic rings. The zero-order valence-corrected chi connectivity index (χ0v) is 13.6.